The molecule has 0 aliphatic heterocycles. The van der Waals surface area contributed by atoms with E-state index in [4.69, 9.17) is 16.3 Å². The van der Waals surface area contributed by atoms with Gasteiger partial charge in [0.1, 0.15) is 12.3 Å². The van der Waals surface area contributed by atoms with Gasteiger partial charge in [0.05, 0.1) is 37.6 Å². The largest absolute Gasteiger partial charge is 0.496 e. The third-order valence-electron chi connectivity index (χ3n) is 6.29. The van der Waals surface area contributed by atoms with Crippen LogP contribution < -0.4 is 19.1 Å². The molecule has 0 aliphatic rings. The summed E-state index contributed by atoms with van der Waals surface area (Å²) in [6.45, 7) is 1.19. The zero-order valence-corrected chi connectivity index (χ0v) is 27.4. The molecule has 4 aromatic rings. The molecular weight excluding hydrogens is 723 g/mol. The van der Waals surface area contributed by atoms with Crippen LogP contribution in [0.25, 0.3) is 0 Å². The second-order valence-corrected chi connectivity index (χ2v) is 14.3. The highest BCUT2D eigenvalue weighted by Gasteiger charge is 2.34. The quantitative estimate of drug-likeness (QED) is 0.179. The van der Waals surface area contributed by atoms with Crippen molar-refractivity contribution in [1.29, 1.82) is 0 Å². The number of amides is 1. The van der Waals surface area contributed by atoms with Crippen molar-refractivity contribution < 1.29 is 39.5 Å². The second kappa shape index (κ2) is 13.3. The molecule has 0 heterocycles. The van der Waals surface area contributed by atoms with Gasteiger partial charge in [0.15, 0.2) is 0 Å². The molecule has 9 nitrogen and oxygen atoms in total. The van der Waals surface area contributed by atoms with E-state index >= 15 is 0 Å². The van der Waals surface area contributed by atoms with E-state index in [1.165, 1.54) is 37.4 Å². The number of nitrogens with zero attached hydrogens (tertiary/aromatic N) is 1. The van der Waals surface area contributed by atoms with Gasteiger partial charge in [0.25, 0.3) is 20.0 Å². The maximum absolute atomic E-state index is 13.7. The van der Waals surface area contributed by atoms with E-state index in [1.54, 1.807) is 24.3 Å². The molecule has 238 valence electrons. The number of hydrogen-bond donors (Lipinski definition) is 2. The summed E-state index contributed by atoms with van der Waals surface area (Å²) in [7, 11) is -7.14. The van der Waals surface area contributed by atoms with E-state index in [0.717, 1.165) is 34.1 Å². The summed E-state index contributed by atoms with van der Waals surface area (Å²) >= 11 is 8.88. The van der Waals surface area contributed by atoms with Crippen LogP contribution in [0.5, 0.6) is 5.75 Å². The molecule has 1 amide bonds. The minimum Gasteiger partial charge on any atom is -0.496 e. The van der Waals surface area contributed by atoms with Gasteiger partial charge in [-0.05, 0) is 95.7 Å². The van der Waals surface area contributed by atoms with Gasteiger partial charge >= 0.3 is 6.18 Å². The van der Waals surface area contributed by atoms with Crippen molar-refractivity contribution in [3.8, 4) is 5.75 Å². The van der Waals surface area contributed by atoms with Crippen LogP contribution in [0.15, 0.2) is 99.2 Å². The number of methoxy groups -OCH3 is 1. The van der Waals surface area contributed by atoms with Crippen molar-refractivity contribution in [1.82, 2.24) is 0 Å². The Kier molecular flexibility index (Phi) is 10.1. The Balaban J connectivity index is 1.54. The van der Waals surface area contributed by atoms with Crippen LogP contribution >= 0.6 is 27.5 Å². The number of nitrogens with one attached hydrogen (secondary N) is 2. The number of anilines is 3. The highest BCUT2D eigenvalue weighted by Crippen LogP contribution is 2.37. The molecule has 0 spiro atoms. The number of halogens is 5. The number of benzene rings is 4. The molecule has 4 aromatic carbocycles. The summed E-state index contributed by atoms with van der Waals surface area (Å²) in [6.07, 6.45) is -4.79. The van der Waals surface area contributed by atoms with Gasteiger partial charge in [-0.3, -0.25) is 13.8 Å². The maximum atomic E-state index is 13.7. The molecule has 0 aliphatic carbocycles. The first-order valence-electron chi connectivity index (χ1n) is 12.7. The summed E-state index contributed by atoms with van der Waals surface area (Å²) in [5, 5.41) is 1.95. The molecule has 0 fully saturated rings. The highest BCUT2D eigenvalue weighted by molar-refractivity contribution is 9.10. The van der Waals surface area contributed by atoms with E-state index in [9.17, 15) is 34.8 Å². The predicted molar refractivity (Wildman–Crippen MR) is 169 cm³/mol. The molecule has 0 atom stereocenters. The Morgan fingerprint density at radius 3 is 2.07 bits per heavy atom. The summed E-state index contributed by atoms with van der Waals surface area (Å²) in [5.74, 6) is -0.324. The Morgan fingerprint density at radius 1 is 0.889 bits per heavy atom. The number of carbonyl (C=O) groups excluding carboxylic acids is 1. The van der Waals surface area contributed by atoms with Crippen LogP contribution in [0.1, 0.15) is 11.1 Å². The molecule has 0 unspecified atom stereocenters. The van der Waals surface area contributed by atoms with Gasteiger partial charge in [0, 0.05) is 11.4 Å². The van der Waals surface area contributed by atoms with Gasteiger partial charge in [-0.25, -0.2) is 16.8 Å². The number of hydrogen-bond acceptors (Lipinski definition) is 6. The predicted octanol–water partition coefficient (Wildman–Crippen LogP) is 7.07. The van der Waals surface area contributed by atoms with Crippen LogP contribution in [-0.2, 0) is 31.0 Å². The number of alkyl halides is 3. The molecule has 2 N–H and O–H groups in total. The summed E-state index contributed by atoms with van der Waals surface area (Å²) in [4.78, 5) is 12.7. The van der Waals surface area contributed by atoms with E-state index in [1.807, 2.05) is 6.92 Å². The van der Waals surface area contributed by atoms with Crippen molar-refractivity contribution >= 4 is 70.5 Å². The van der Waals surface area contributed by atoms with Gasteiger partial charge in [0.2, 0.25) is 5.91 Å². The Bertz CT molecular complexity index is 1940. The Hall–Kier alpha value is -3.79. The minimum atomic E-state index is -4.79. The zero-order valence-electron chi connectivity index (χ0n) is 23.4. The third-order valence-corrected chi connectivity index (χ3v) is 10.4. The average Bonchev–Trinajstić information content (AvgIpc) is 2.97. The second-order valence-electron chi connectivity index (χ2n) is 9.51. The van der Waals surface area contributed by atoms with Crippen molar-refractivity contribution in [2.75, 3.05) is 28.0 Å². The van der Waals surface area contributed by atoms with Crippen LogP contribution in [0.4, 0.5) is 30.2 Å². The standard InChI is InChI=1S/C29H24BrClF3N3O6S2/c1-18-3-8-21(9-4-18)37(45(41,42)23-12-14-27(43-2)25(30)16-23)17-28(38)35-19-5-10-22(11-6-19)44(39,40)36-20-7-13-26(31)24(15-20)29(32,33)34/h3-16,36H,17H2,1-2H3,(H,35,38). The topological polar surface area (TPSA) is 122 Å². The van der Waals surface area contributed by atoms with Crippen molar-refractivity contribution in [2.24, 2.45) is 0 Å². The lowest BCUT2D eigenvalue weighted by Crippen LogP contribution is -2.38. The molecule has 45 heavy (non-hydrogen) atoms. The maximum Gasteiger partial charge on any atom is 0.417 e. The molecule has 0 saturated carbocycles. The fourth-order valence-corrected chi connectivity index (χ4v) is 7.44. The van der Waals surface area contributed by atoms with Crippen LogP contribution in [-0.4, -0.2) is 36.4 Å². The Morgan fingerprint density at radius 2 is 1.49 bits per heavy atom. The van der Waals surface area contributed by atoms with Crippen molar-refractivity contribution in [3.05, 3.63) is 106 Å². The SMILES string of the molecule is COc1ccc(S(=O)(=O)N(CC(=O)Nc2ccc(S(=O)(=O)Nc3ccc(Cl)c(C(F)(F)F)c3)cc2)c2ccc(C)cc2)cc1Br. The molecule has 4 rings (SSSR count). The Labute approximate surface area is 271 Å². The summed E-state index contributed by atoms with van der Waals surface area (Å²) in [5.41, 5.74) is -0.326. The average molecular weight is 747 g/mol. The molecule has 0 saturated heterocycles. The van der Waals surface area contributed by atoms with E-state index < -0.39 is 49.3 Å². The van der Waals surface area contributed by atoms with Gasteiger partial charge in [-0.2, -0.15) is 13.2 Å². The first-order valence-corrected chi connectivity index (χ1v) is 16.8. The molecular formula is C29H24BrClF3N3O6S2. The number of rotatable bonds is 10. The smallest absolute Gasteiger partial charge is 0.417 e. The fourth-order valence-electron chi connectivity index (χ4n) is 4.03. The van der Waals surface area contributed by atoms with E-state index in [0.29, 0.717) is 16.3 Å². The lowest BCUT2D eigenvalue weighted by Gasteiger charge is -2.24. The van der Waals surface area contributed by atoms with E-state index in [2.05, 4.69) is 26.0 Å². The van der Waals surface area contributed by atoms with Gasteiger partial charge < -0.3 is 10.1 Å². The molecule has 0 bridgehead atoms. The molecule has 16 heteroatoms. The number of carbonyl (C=O) groups is 1. The van der Waals surface area contributed by atoms with Crippen LogP contribution in [0, 0.1) is 6.92 Å². The molecule has 0 radical (unpaired) electrons. The van der Waals surface area contributed by atoms with Gasteiger partial charge in [-0.15, -0.1) is 0 Å². The fraction of sp³-hybridized carbons (Fsp3) is 0.138. The molecule has 0 aromatic heterocycles. The summed E-state index contributed by atoms with van der Waals surface area (Å²) < 4.78 is 101. The van der Waals surface area contributed by atoms with E-state index in [-0.39, 0.29) is 26.9 Å². The normalized spacial score (nSPS) is 12.0. The number of aryl methyl sites for hydroxylation is 1. The first-order chi connectivity index (χ1) is 21.0. The lowest BCUT2D eigenvalue weighted by molar-refractivity contribution is -0.137. The van der Waals surface area contributed by atoms with Crippen molar-refractivity contribution in [3.63, 3.8) is 0 Å². The lowest BCUT2D eigenvalue weighted by atomic mass is 10.2. The van der Waals surface area contributed by atoms with Crippen molar-refractivity contribution in [2.45, 2.75) is 22.9 Å². The zero-order chi connectivity index (χ0) is 33.2. The third kappa shape index (κ3) is 8.09. The van der Waals surface area contributed by atoms with Crippen LogP contribution in [0.3, 0.4) is 0 Å². The first kappa shape index (κ1) is 34.1. The highest BCUT2D eigenvalue weighted by atomic mass is 79.9. The summed E-state index contributed by atoms with van der Waals surface area (Å²) in [6, 6.07) is 18.0. The van der Waals surface area contributed by atoms with Crippen LogP contribution in [0.2, 0.25) is 5.02 Å². The minimum absolute atomic E-state index is 0.103. The number of ether oxygens (including phenoxy) is 1. The monoisotopic (exact) mass is 745 g/mol. The van der Waals surface area contributed by atoms with Gasteiger partial charge in [-0.1, -0.05) is 29.3 Å². The number of sulfonamides is 2.